The number of rotatable bonds is 6. The van der Waals surface area contributed by atoms with Crippen molar-refractivity contribution in [2.24, 2.45) is 7.05 Å². The first-order chi connectivity index (χ1) is 14.0. The summed E-state index contributed by atoms with van der Waals surface area (Å²) in [4.78, 5) is 7.08. The minimum absolute atomic E-state index is 0.315. The predicted molar refractivity (Wildman–Crippen MR) is 113 cm³/mol. The minimum atomic E-state index is -3.46. The van der Waals surface area contributed by atoms with Crippen molar-refractivity contribution in [1.29, 1.82) is 0 Å². The Labute approximate surface area is 171 Å². The monoisotopic (exact) mass is 414 g/mol. The maximum Gasteiger partial charge on any atom is 0.243 e. The van der Waals surface area contributed by atoms with Gasteiger partial charge in [0.2, 0.25) is 10.0 Å². The number of aryl methyl sites for hydroxylation is 1. The number of aromatic nitrogens is 2. The Bertz CT molecular complexity index is 1080. The van der Waals surface area contributed by atoms with Gasteiger partial charge in [-0.05, 0) is 48.4 Å². The van der Waals surface area contributed by atoms with Gasteiger partial charge in [0.15, 0.2) is 0 Å². The van der Waals surface area contributed by atoms with Crippen LogP contribution in [0.1, 0.15) is 5.56 Å². The number of hydrogen-bond donors (Lipinski definition) is 0. The number of hydrogen-bond acceptors (Lipinski definition) is 5. The van der Waals surface area contributed by atoms with E-state index in [1.54, 1.807) is 35.7 Å². The molecule has 0 radical (unpaired) electrons. The van der Waals surface area contributed by atoms with Crippen LogP contribution in [-0.4, -0.2) is 67.0 Å². The molecule has 2 aromatic heterocycles. The number of benzene rings is 1. The summed E-state index contributed by atoms with van der Waals surface area (Å²) >= 11 is 0. The molecular formula is C21H26N4O3S. The summed E-state index contributed by atoms with van der Waals surface area (Å²) in [6.07, 6.45) is 4.88. The lowest BCUT2D eigenvalue weighted by Crippen LogP contribution is -2.48. The predicted octanol–water partition coefficient (Wildman–Crippen LogP) is 2.13. The zero-order chi connectivity index (χ0) is 20.4. The number of methoxy groups -OCH3 is 1. The van der Waals surface area contributed by atoms with E-state index in [0.717, 1.165) is 31.7 Å². The smallest absolute Gasteiger partial charge is 0.243 e. The molecule has 0 saturated carbocycles. The zero-order valence-corrected chi connectivity index (χ0v) is 17.6. The normalized spacial score (nSPS) is 16.3. The lowest BCUT2D eigenvalue weighted by molar-refractivity contribution is 0.190. The van der Waals surface area contributed by atoms with Crippen molar-refractivity contribution in [2.75, 3.05) is 39.8 Å². The molecule has 1 aliphatic rings. The lowest BCUT2D eigenvalue weighted by Gasteiger charge is -2.34. The highest BCUT2D eigenvalue weighted by atomic mass is 32.2. The second kappa shape index (κ2) is 8.14. The highest BCUT2D eigenvalue weighted by Crippen LogP contribution is 2.22. The van der Waals surface area contributed by atoms with Gasteiger partial charge >= 0.3 is 0 Å². The van der Waals surface area contributed by atoms with Crippen LogP contribution < -0.4 is 4.74 Å². The van der Waals surface area contributed by atoms with Crippen LogP contribution in [0.15, 0.2) is 53.7 Å². The molecule has 0 spiro atoms. The second-order valence-corrected chi connectivity index (χ2v) is 9.25. The van der Waals surface area contributed by atoms with Crippen molar-refractivity contribution in [3.8, 4) is 5.75 Å². The van der Waals surface area contributed by atoms with Crippen LogP contribution >= 0.6 is 0 Å². The molecule has 29 heavy (non-hydrogen) atoms. The molecule has 0 atom stereocenters. The van der Waals surface area contributed by atoms with Crippen molar-refractivity contribution in [3.05, 3.63) is 54.4 Å². The van der Waals surface area contributed by atoms with E-state index in [9.17, 15) is 8.42 Å². The Balaban J connectivity index is 1.36. The second-order valence-electron chi connectivity index (χ2n) is 7.31. The van der Waals surface area contributed by atoms with Gasteiger partial charge in [0.1, 0.15) is 11.4 Å². The van der Waals surface area contributed by atoms with Crippen LogP contribution in [0.2, 0.25) is 0 Å². The topological polar surface area (TPSA) is 67.7 Å². The molecule has 0 bridgehead atoms. The zero-order valence-electron chi connectivity index (χ0n) is 16.8. The number of nitrogens with zero attached hydrogens (tertiary/aromatic N) is 4. The molecule has 1 aliphatic heterocycles. The van der Waals surface area contributed by atoms with Gasteiger partial charge in [-0.2, -0.15) is 4.31 Å². The molecule has 1 fully saturated rings. The van der Waals surface area contributed by atoms with E-state index in [0.29, 0.717) is 23.7 Å². The van der Waals surface area contributed by atoms with Crippen LogP contribution in [0.5, 0.6) is 5.75 Å². The van der Waals surface area contributed by atoms with Gasteiger partial charge in [0.25, 0.3) is 0 Å². The molecule has 0 unspecified atom stereocenters. The van der Waals surface area contributed by atoms with Crippen LogP contribution in [-0.2, 0) is 23.5 Å². The molecule has 8 heteroatoms. The molecule has 1 aromatic carbocycles. The van der Waals surface area contributed by atoms with E-state index in [1.165, 1.54) is 10.9 Å². The Morgan fingerprint density at radius 2 is 1.79 bits per heavy atom. The van der Waals surface area contributed by atoms with E-state index in [-0.39, 0.29) is 0 Å². The van der Waals surface area contributed by atoms with Gasteiger partial charge in [0.05, 0.1) is 12.0 Å². The van der Waals surface area contributed by atoms with Gasteiger partial charge in [0, 0.05) is 57.6 Å². The Kier molecular flexibility index (Phi) is 5.58. The van der Waals surface area contributed by atoms with Gasteiger partial charge < -0.3 is 14.2 Å². The number of pyridine rings is 1. The fourth-order valence-electron chi connectivity index (χ4n) is 3.86. The minimum Gasteiger partial charge on any atom is -0.497 e. The van der Waals surface area contributed by atoms with Gasteiger partial charge in [-0.25, -0.2) is 13.4 Å². The Morgan fingerprint density at radius 1 is 1.07 bits per heavy atom. The van der Waals surface area contributed by atoms with Crippen molar-refractivity contribution in [1.82, 2.24) is 18.8 Å². The average molecular weight is 415 g/mol. The molecule has 0 aliphatic carbocycles. The fourth-order valence-corrected chi connectivity index (χ4v) is 5.28. The third kappa shape index (κ3) is 4.01. The third-order valence-electron chi connectivity index (χ3n) is 5.54. The van der Waals surface area contributed by atoms with Crippen molar-refractivity contribution < 1.29 is 13.2 Å². The first kappa shape index (κ1) is 19.9. The van der Waals surface area contributed by atoms with E-state index in [2.05, 4.69) is 26.7 Å². The summed E-state index contributed by atoms with van der Waals surface area (Å²) < 4.78 is 34.5. The molecule has 3 heterocycles. The first-order valence-corrected chi connectivity index (χ1v) is 11.2. The number of piperazine rings is 1. The first-order valence-electron chi connectivity index (χ1n) is 9.74. The summed E-state index contributed by atoms with van der Waals surface area (Å²) in [5, 5.41) is 1.19. The van der Waals surface area contributed by atoms with E-state index < -0.39 is 10.0 Å². The summed E-state index contributed by atoms with van der Waals surface area (Å²) in [5.41, 5.74) is 2.28. The van der Waals surface area contributed by atoms with Gasteiger partial charge in [-0.15, -0.1) is 0 Å². The summed E-state index contributed by atoms with van der Waals surface area (Å²) in [6.45, 7) is 3.39. The van der Waals surface area contributed by atoms with Crippen molar-refractivity contribution >= 4 is 21.1 Å². The molecule has 7 nitrogen and oxygen atoms in total. The maximum atomic E-state index is 12.9. The van der Waals surface area contributed by atoms with Crippen LogP contribution in [0.3, 0.4) is 0 Å². The van der Waals surface area contributed by atoms with Crippen molar-refractivity contribution in [2.45, 2.75) is 11.3 Å². The molecule has 4 rings (SSSR count). The molecular weight excluding hydrogens is 388 g/mol. The molecule has 154 valence electrons. The summed E-state index contributed by atoms with van der Waals surface area (Å²) in [5.74, 6) is 0.650. The lowest BCUT2D eigenvalue weighted by atomic mass is 10.1. The quantitative estimate of drug-likeness (QED) is 0.618. The highest BCUT2D eigenvalue weighted by molar-refractivity contribution is 7.89. The van der Waals surface area contributed by atoms with Crippen LogP contribution in [0.4, 0.5) is 0 Å². The highest BCUT2D eigenvalue weighted by Gasteiger charge is 2.28. The number of ether oxygens (including phenoxy) is 1. The summed E-state index contributed by atoms with van der Waals surface area (Å²) in [7, 11) is 0.119. The standard InChI is InChI=1S/C21H26N4O3S/c1-23-16-17(20-4-3-10-22-21(20)23)9-11-24-12-14-25(15-13-24)29(26,27)19-7-5-18(28-2)6-8-19/h3-8,10,16H,9,11-15H2,1-2H3. The van der Waals surface area contributed by atoms with Gasteiger partial charge in [-0.1, -0.05) is 0 Å². The number of sulfonamides is 1. The third-order valence-corrected chi connectivity index (χ3v) is 7.45. The van der Waals surface area contributed by atoms with E-state index in [1.807, 2.05) is 19.3 Å². The molecule has 0 amide bonds. The van der Waals surface area contributed by atoms with Crippen LogP contribution in [0, 0.1) is 0 Å². The van der Waals surface area contributed by atoms with Gasteiger partial charge in [-0.3, -0.25) is 0 Å². The van der Waals surface area contributed by atoms with Crippen LogP contribution in [0.25, 0.3) is 11.0 Å². The number of fused-ring (bicyclic) bond motifs is 1. The average Bonchev–Trinajstić information content (AvgIpc) is 3.08. The van der Waals surface area contributed by atoms with Crippen molar-refractivity contribution in [3.63, 3.8) is 0 Å². The summed E-state index contributed by atoms with van der Waals surface area (Å²) in [6, 6.07) is 10.7. The largest absolute Gasteiger partial charge is 0.497 e. The maximum absolute atomic E-state index is 12.9. The van der Waals surface area contributed by atoms with E-state index in [4.69, 9.17) is 4.74 Å². The Morgan fingerprint density at radius 3 is 2.48 bits per heavy atom. The fraction of sp³-hybridized carbons (Fsp3) is 0.381. The molecule has 1 saturated heterocycles. The molecule has 0 N–H and O–H groups in total. The Hall–Kier alpha value is -2.42. The SMILES string of the molecule is COc1ccc(S(=O)(=O)N2CCN(CCc3cn(C)c4ncccc34)CC2)cc1. The van der Waals surface area contributed by atoms with E-state index >= 15 is 0 Å². The molecule has 3 aromatic rings.